The number of carbonyl (C=O) groups excluding carboxylic acids is 1. The van der Waals surface area contributed by atoms with Gasteiger partial charge in [0.15, 0.2) is 0 Å². The van der Waals surface area contributed by atoms with Crippen molar-refractivity contribution in [2.24, 2.45) is 0 Å². The Kier molecular flexibility index (Phi) is 6.87. The average molecular weight is 250 g/mol. The zero-order valence-electron chi connectivity index (χ0n) is 11.2. The number of hydrogen-bond donors (Lipinski definition) is 1. The number of anilines is 1. The molecule has 1 aromatic rings. The molecule has 1 amide bonds. The van der Waals surface area contributed by atoms with Gasteiger partial charge in [0, 0.05) is 12.2 Å². The molecule has 0 unspecified atom stereocenters. The fourth-order valence-corrected chi connectivity index (χ4v) is 1.67. The third-order valence-corrected chi connectivity index (χ3v) is 2.77. The minimum absolute atomic E-state index is 0.388. The normalized spacial score (nSPS) is 10.4. The van der Waals surface area contributed by atoms with Crippen molar-refractivity contribution in [2.45, 2.75) is 20.3 Å². The number of hydrogen-bond acceptors (Lipinski definition) is 3. The van der Waals surface area contributed by atoms with Gasteiger partial charge in [-0.1, -0.05) is 32.0 Å². The summed E-state index contributed by atoms with van der Waals surface area (Å²) in [6.45, 7) is 7.75. The van der Waals surface area contributed by atoms with E-state index in [-0.39, 0.29) is 6.09 Å². The lowest BCUT2D eigenvalue weighted by molar-refractivity contribution is 0.153. The monoisotopic (exact) mass is 250 g/mol. The number of benzene rings is 1. The third kappa shape index (κ3) is 5.68. The molecule has 0 fully saturated rings. The van der Waals surface area contributed by atoms with Gasteiger partial charge in [0.05, 0.1) is 6.61 Å². The van der Waals surface area contributed by atoms with E-state index in [1.165, 1.54) is 0 Å². The van der Waals surface area contributed by atoms with Crippen molar-refractivity contribution in [1.82, 2.24) is 4.90 Å². The maximum atomic E-state index is 11.4. The largest absolute Gasteiger partial charge is 0.449 e. The molecule has 0 radical (unpaired) electrons. The number of carbonyl (C=O) groups is 1. The van der Waals surface area contributed by atoms with Crippen LogP contribution in [-0.4, -0.2) is 37.2 Å². The van der Waals surface area contributed by atoms with Gasteiger partial charge >= 0.3 is 6.09 Å². The van der Waals surface area contributed by atoms with Crippen molar-refractivity contribution in [1.29, 1.82) is 0 Å². The lowest BCUT2D eigenvalue weighted by Gasteiger charge is -2.17. The van der Waals surface area contributed by atoms with Crippen molar-refractivity contribution >= 4 is 11.8 Å². The predicted molar refractivity (Wildman–Crippen MR) is 73.8 cm³/mol. The van der Waals surface area contributed by atoms with E-state index < -0.39 is 0 Å². The maximum Gasteiger partial charge on any atom is 0.411 e. The first-order valence-corrected chi connectivity index (χ1v) is 6.47. The number of ether oxygens (including phenoxy) is 1. The molecule has 0 aliphatic rings. The number of para-hydroxylation sites is 1. The highest BCUT2D eigenvalue weighted by atomic mass is 16.5. The molecule has 0 saturated carbocycles. The Morgan fingerprint density at radius 1 is 1.22 bits per heavy atom. The summed E-state index contributed by atoms with van der Waals surface area (Å²) in [6.07, 6.45) is 0.477. The summed E-state index contributed by atoms with van der Waals surface area (Å²) in [6, 6.07) is 9.31. The molecular formula is C14H22N2O2. The lowest BCUT2D eigenvalue weighted by atomic mass is 10.3. The Bertz CT molecular complexity index is 337. The first kappa shape index (κ1) is 14.5. The van der Waals surface area contributed by atoms with Gasteiger partial charge in [0.2, 0.25) is 0 Å². The zero-order valence-corrected chi connectivity index (χ0v) is 11.2. The number of nitrogens with zero attached hydrogens (tertiary/aromatic N) is 1. The third-order valence-electron chi connectivity index (χ3n) is 2.77. The van der Waals surface area contributed by atoms with Crippen LogP contribution in [0.4, 0.5) is 10.5 Å². The van der Waals surface area contributed by atoms with Crippen molar-refractivity contribution in [2.75, 3.05) is 31.6 Å². The molecule has 1 N–H and O–H groups in total. The Morgan fingerprint density at radius 3 is 2.50 bits per heavy atom. The van der Waals surface area contributed by atoms with Crippen molar-refractivity contribution in [3.8, 4) is 0 Å². The van der Waals surface area contributed by atoms with Crippen LogP contribution >= 0.6 is 0 Å². The molecule has 0 heterocycles. The van der Waals surface area contributed by atoms with Gasteiger partial charge in [0.25, 0.3) is 0 Å². The van der Waals surface area contributed by atoms with Crippen LogP contribution in [-0.2, 0) is 4.74 Å². The fraction of sp³-hybridized carbons (Fsp3) is 0.500. The molecular weight excluding hydrogens is 228 g/mol. The second-order valence-electron chi connectivity index (χ2n) is 4.01. The summed E-state index contributed by atoms with van der Waals surface area (Å²) in [7, 11) is 0. The summed E-state index contributed by atoms with van der Waals surface area (Å²) < 4.78 is 5.11. The first-order chi connectivity index (χ1) is 8.76. The van der Waals surface area contributed by atoms with Crippen LogP contribution < -0.4 is 5.32 Å². The molecule has 0 aliphatic heterocycles. The predicted octanol–water partition coefficient (Wildman–Crippen LogP) is 2.97. The van der Waals surface area contributed by atoms with E-state index in [1.807, 2.05) is 30.3 Å². The SMILES string of the molecule is CCN(CC)CCCOC(=O)Nc1ccccc1. The Hall–Kier alpha value is -1.55. The van der Waals surface area contributed by atoms with E-state index >= 15 is 0 Å². The summed E-state index contributed by atoms with van der Waals surface area (Å²) in [5, 5.41) is 2.68. The van der Waals surface area contributed by atoms with Crippen molar-refractivity contribution < 1.29 is 9.53 Å². The van der Waals surface area contributed by atoms with E-state index in [4.69, 9.17) is 4.74 Å². The minimum Gasteiger partial charge on any atom is -0.449 e. The number of amides is 1. The minimum atomic E-state index is -0.388. The van der Waals surface area contributed by atoms with Crippen molar-refractivity contribution in [3.63, 3.8) is 0 Å². The standard InChI is InChI=1S/C14H22N2O2/c1-3-16(4-2)11-8-12-18-14(17)15-13-9-6-5-7-10-13/h5-7,9-10H,3-4,8,11-12H2,1-2H3,(H,15,17). The summed E-state index contributed by atoms with van der Waals surface area (Å²) in [4.78, 5) is 13.8. The Labute approximate surface area is 109 Å². The molecule has 18 heavy (non-hydrogen) atoms. The molecule has 0 aromatic heterocycles. The first-order valence-electron chi connectivity index (χ1n) is 6.47. The van der Waals surface area contributed by atoms with Crippen LogP contribution in [0.25, 0.3) is 0 Å². The Balaban J connectivity index is 2.14. The summed E-state index contributed by atoms with van der Waals surface area (Å²) >= 11 is 0. The zero-order chi connectivity index (χ0) is 13.2. The average Bonchev–Trinajstić information content (AvgIpc) is 2.40. The smallest absolute Gasteiger partial charge is 0.411 e. The van der Waals surface area contributed by atoms with E-state index in [1.54, 1.807) is 0 Å². The summed E-state index contributed by atoms with van der Waals surface area (Å²) in [5.41, 5.74) is 0.756. The van der Waals surface area contributed by atoms with Gasteiger partial charge in [0.1, 0.15) is 0 Å². The van der Waals surface area contributed by atoms with Gasteiger partial charge < -0.3 is 9.64 Å². The molecule has 4 nitrogen and oxygen atoms in total. The van der Waals surface area contributed by atoms with Crippen LogP contribution in [0.5, 0.6) is 0 Å². The molecule has 4 heteroatoms. The van der Waals surface area contributed by atoms with E-state index in [0.717, 1.165) is 31.7 Å². The van der Waals surface area contributed by atoms with Gasteiger partial charge in [-0.15, -0.1) is 0 Å². The van der Waals surface area contributed by atoms with Gasteiger partial charge in [-0.2, -0.15) is 0 Å². The molecule has 0 spiro atoms. The number of nitrogens with one attached hydrogen (secondary N) is 1. The second kappa shape index (κ2) is 8.53. The molecule has 0 bridgehead atoms. The molecule has 100 valence electrons. The topological polar surface area (TPSA) is 41.6 Å². The van der Waals surface area contributed by atoms with Crippen molar-refractivity contribution in [3.05, 3.63) is 30.3 Å². The fourth-order valence-electron chi connectivity index (χ4n) is 1.67. The highest BCUT2D eigenvalue weighted by Crippen LogP contribution is 2.05. The highest BCUT2D eigenvalue weighted by molar-refractivity contribution is 5.84. The van der Waals surface area contributed by atoms with Crippen LogP contribution in [0.3, 0.4) is 0 Å². The molecule has 1 aromatic carbocycles. The van der Waals surface area contributed by atoms with Gasteiger partial charge in [-0.05, 0) is 31.6 Å². The van der Waals surface area contributed by atoms with Gasteiger partial charge in [-0.3, -0.25) is 5.32 Å². The quantitative estimate of drug-likeness (QED) is 0.756. The molecule has 0 atom stereocenters. The lowest BCUT2D eigenvalue weighted by Crippen LogP contribution is -2.25. The summed E-state index contributed by atoms with van der Waals surface area (Å²) in [5.74, 6) is 0. The van der Waals surface area contributed by atoms with E-state index in [2.05, 4.69) is 24.1 Å². The van der Waals surface area contributed by atoms with E-state index in [9.17, 15) is 4.79 Å². The Morgan fingerprint density at radius 2 is 1.89 bits per heavy atom. The van der Waals surface area contributed by atoms with E-state index in [0.29, 0.717) is 6.61 Å². The molecule has 0 saturated heterocycles. The maximum absolute atomic E-state index is 11.4. The van der Waals surface area contributed by atoms with Crippen LogP contribution in [0.1, 0.15) is 20.3 Å². The number of rotatable bonds is 7. The van der Waals surface area contributed by atoms with Gasteiger partial charge in [-0.25, -0.2) is 4.79 Å². The highest BCUT2D eigenvalue weighted by Gasteiger charge is 2.03. The second-order valence-corrected chi connectivity index (χ2v) is 4.01. The molecule has 1 rings (SSSR count). The van der Waals surface area contributed by atoms with Crippen LogP contribution in [0.15, 0.2) is 30.3 Å². The van der Waals surface area contributed by atoms with Crippen LogP contribution in [0, 0.1) is 0 Å². The molecule has 0 aliphatic carbocycles. The van der Waals surface area contributed by atoms with Crippen LogP contribution in [0.2, 0.25) is 0 Å².